The molecular weight excluding hydrogens is 911 g/mol. The summed E-state index contributed by atoms with van der Waals surface area (Å²) in [5.41, 5.74) is 0. The number of aliphatic hydroxyl groups is 2. The summed E-state index contributed by atoms with van der Waals surface area (Å²) in [6.07, 6.45) is 77.0. The Bertz CT molecular complexity index is 1070. The van der Waals surface area contributed by atoms with Gasteiger partial charge in [-0.1, -0.05) is 361 Å². The van der Waals surface area contributed by atoms with Crippen molar-refractivity contribution in [2.24, 2.45) is 0 Å². The van der Waals surface area contributed by atoms with Gasteiger partial charge in [-0.25, -0.2) is 0 Å². The number of carbonyl (C=O) groups excluding carboxylic acids is 2. The zero-order valence-electron chi connectivity index (χ0n) is 50.6. The van der Waals surface area contributed by atoms with Crippen LogP contribution in [-0.2, 0) is 14.3 Å². The lowest BCUT2D eigenvalue weighted by Crippen LogP contribution is -2.45. The van der Waals surface area contributed by atoms with Crippen LogP contribution < -0.4 is 5.32 Å². The van der Waals surface area contributed by atoms with Crippen LogP contribution in [0.2, 0.25) is 0 Å². The summed E-state index contributed by atoms with van der Waals surface area (Å²) in [6.45, 7) is 5.00. The number of hydrogen-bond donors (Lipinski definition) is 3. The van der Waals surface area contributed by atoms with Crippen LogP contribution in [0, 0.1) is 0 Å². The van der Waals surface area contributed by atoms with Crippen molar-refractivity contribution in [1.82, 2.24) is 5.32 Å². The van der Waals surface area contributed by atoms with E-state index in [-0.39, 0.29) is 18.5 Å². The van der Waals surface area contributed by atoms with E-state index in [2.05, 4.69) is 19.2 Å². The summed E-state index contributed by atoms with van der Waals surface area (Å²) in [4.78, 5) is 24.6. The topological polar surface area (TPSA) is 95.9 Å². The van der Waals surface area contributed by atoms with Crippen LogP contribution in [-0.4, -0.2) is 47.4 Å². The van der Waals surface area contributed by atoms with Gasteiger partial charge in [0, 0.05) is 12.8 Å². The van der Waals surface area contributed by atoms with E-state index in [1.54, 1.807) is 0 Å². The summed E-state index contributed by atoms with van der Waals surface area (Å²) in [5.74, 6) is -0.0135. The van der Waals surface area contributed by atoms with Gasteiger partial charge in [0.05, 0.1) is 25.4 Å². The molecule has 0 saturated heterocycles. The first-order valence-corrected chi connectivity index (χ1v) is 34.3. The number of hydrogen-bond acceptors (Lipinski definition) is 5. The summed E-state index contributed by atoms with van der Waals surface area (Å²) >= 11 is 0. The highest BCUT2D eigenvalue weighted by Gasteiger charge is 2.20. The Kier molecular flexibility index (Phi) is 63.4. The van der Waals surface area contributed by atoms with Crippen LogP contribution in [0.4, 0.5) is 0 Å². The molecule has 0 fully saturated rings. The molecule has 0 bridgehead atoms. The lowest BCUT2D eigenvalue weighted by atomic mass is 10.0. The SMILES string of the molecule is CCCCCCCCCCCCCCCCCCCCCC(O)C(CO)NC(=O)CCCCCCCCCCCCCCCCCCCCCCCOC(=O)CCCCCCCCCCCCCCCCCCC. The Morgan fingerprint density at radius 1 is 0.324 bits per heavy atom. The van der Waals surface area contributed by atoms with Gasteiger partial charge in [0.2, 0.25) is 5.91 Å². The van der Waals surface area contributed by atoms with Gasteiger partial charge in [-0.15, -0.1) is 0 Å². The maximum atomic E-state index is 12.5. The molecular formula is C68H135NO5. The zero-order valence-corrected chi connectivity index (χ0v) is 50.6. The van der Waals surface area contributed by atoms with E-state index in [0.29, 0.717) is 25.9 Å². The molecule has 74 heavy (non-hydrogen) atoms. The van der Waals surface area contributed by atoms with E-state index in [0.717, 1.165) is 38.5 Å². The van der Waals surface area contributed by atoms with Crippen LogP contribution in [0.1, 0.15) is 399 Å². The maximum absolute atomic E-state index is 12.5. The third-order valence-corrected chi connectivity index (χ3v) is 16.4. The molecule has 442 valence electrons. The molecule has 6 heteroatoms. The Morgan fingerprint density at radius 3 is 0.824 bits per heavy atom. The highest BCUT2D eigenvalue weighted by atomic mass is 16.5. The minimum absolute atomic E-state index is 0.0175. The smallest absolute Gasteiger partial charge is 0.305 e. The standard InChI is InChI=1S/C68H135NO5/c1-3-5-7-9-11-13-15-17-19-21-25-29-32-36-40-44-48-52-56-60-66(71)65(64-70)69-67(72)61-57-53-49-45-41-37-33-30-26-23-22-24-27-31-35-39-43-47-51-55-59-63-74-68(73)62-58-54-50-46-42-38-34-28-20-18-16-14-12-10-8-6-4-2/h65-66,70-71H,3-64H2,1-2H3,(H,69,72). The van der Waals surface area contributed by atoms with Gasteiger partial charge >= 0.3 is 5.97 Å². The van der Waals surface area contributed by atoms with Crippen molar-refractivity contribution < 1.29 is 24.5 Å². The highest BCUT2D eigenvalue weighted by molar-refractivity contribution is 5.76. The van der Waals surface area contributed by atoms with E-state index in [9.17, 15) is 19.8 Å². The molecule has 0 saturated carbocycles. The monoisotopic (exact) mass is 1050 g/mol. The van der Waals surface area contributed by atoms with Gasteiger partial charge in [-0.2, -0.15) is 0 Å². The molecule has 6 nitrogen and oxygen atoms in total. The first-order valence-electron chi connectivity index (χ1n) is 34.3. The molecule has 0 aromatic carbocycles. The molecule has 2 atom stereocenters. The van der Waals surface area contributed by atoms with Crippen molar-refractivity contribution in [3.8, 4) is 0 Å². The van der Waals surface area contributed by atoms with Gasteiger partial charge in [-0.3, -0.25) is 9.59 Å². The van der Waals surface area contributed by atoms with Crippen LogP contribution in [0.25, 0.3) is 0 Å². The van der Waals surface area contributed by atoms with Gasteiger partial charge in [0.25, 0.3) is 0 Å². The van der Waals surface area contributed by atoms with Gasteiger partial charge in [0.1, 0.15) is 0 Å². The van der Waals surface area contributed by atoms with Crippen molar-refractivity contribution in [2.45, 2.75) is 411 Å². The molecule has 0 rings (SSSR count). The molecule has 0 aromatic rings. The molecule has 2 unspecified atom stereocenters. The second kappa shape index (κ2) is 64.4. The molecule has 0 aromatic heterocycles. The summed E-state index contributed by atoms with van der Waals surface area (Å²) in [5, 5.41) is 23.4. The average molecular weight is 1050 g/mol. The summed E-state index contributed by atoms with van der Waals surface area (Å²) in [6, 6.07) is -0.542. The minimum atomic E-state index is -0.664. The van der Waals surface area contributed by atoms with Crippen molar-refractivity contribution in [3.63, 3.8) is 0 Å². The molecule has 0 aliphatic carbocycles. The largest absolute Gasteiger partial charge is 0.466 e. The number of carbonyl (C=O) groups is 2. The third-order valence-electron chi connectivity index (χ3n) is 16.4. The number of ether oxygens (including phenoxy) is 1. The fourth-order valence-corrected chi connectivity index (χ4v) is 11.2. The molecule has 0 aliphatic heterocycles. The second-order valence-electron chi connectivity index (χ2n) is 23.9. The fraction of sp³-hybridized carbons (Fsp3) is 0.971. The quantitative estimate of drug-likeness (QED) is 0.0417. The van der Waals surface area contributed by atoms with Gasteiger partial charge in [0.15, 0.2) is 0 Å². The number of rotatable bonds is 65. The first-order chi connectivity index (χ1) is 36.5. The lowest BCUT2D eigenvalue weighted by Gasteiger charge is -2.22. The van der Waals surface area contributed by atoms with E-state index in [1.807, 2.05) is 0 Å². The maximum Gasteiger partial charge on any atom is 0.305 e. The highest BCUT2D eigenvalue weighted by Crippen LogP contribution is 2.19. The Balaban J connectivity index is 3.36. The van der Waals surface area contributed by atoms with E-state index in [4.69, 9.17) is 4.74 Å². The summed E-state index contributed by atoms with van der Waals surface area (Å²) < 4.78 is 5.50. The molecule has 0 aliphatic rings. The second-order valence-corrected chi connectivity index (χ2v) is 23.9. The zero-order chi connectivity index (χ0) is 53.6. The third kappa shape index (κ3) is 60.1. The van der Waals surface area contributed by atoms with Crippen LogP contribution >= 0.6 is 0 Å². The van der Waals surface area contributed by atoms with E-state index < -0.39 is 12.1 Å². The normalized spacial score (nSPS) is 12.4. The first kappa shape index (κ1) is 72.9. The Morgan fingerprint density at radius 2 is 0.554 bits per heavy atom. The fourth-order valence-electron chi connectivity index (χ4n) is 11.2. The number of nitrogens with one attached hydrogen (secondary N) is 1. The van der Waals surface area contributed by atoms with Crippen LogP contribution in [0.3, 0.4) is 0 Å². The van der Waals surface area contributed by atoms with E-state index >= 15 is 0 Å². The predicted molar refractivity (Wildman–Crippen MR) is 324 cm³/mol. The van der Waals surface area contributed by atoms with Crippen LogP contribution in [0.5, 0.6) is 0 Å². The Labute approximate surface area is 464 Å². The molecule has 1 amide bonds. The summed E-state index contributed by atoms with van der Waals surface area (Å²) in [7, 11) is 0. The molecule has 3 N–H and O–H groups in total. The number of aliphatic hydroxyl groups excluding tert-OH is 2. The van der Waals surface area contributed by atoms with Crippen LogP contribution in [0.15, 0.2) is 0 Å². The van der Waals surface area contributed by atoms with E-state index in [1.165, 1.54) is 327 Å². The Hall–Kier alpha value is -1.14. The minimum Gasteiger partial charge on any atom is -0.466 e. The molecule has 0 radical (unpaired) electrons. The number of unbranched alkanes of at least 4 members (excludes halogenated alkanes) is 54. The molecule has 0 spiro atoms. The number of esters is 1. The van der Waals surface area contributed by atoms with Gasteiger partial charge in [-0.05, 0) is 25.7 Å². The predicted octanol–water partition coefficient (Wildman–Crippen LogP) is 21.8. The molecule has 0 heterocycles. The average Bonchev–Trinajstić information content (AvgIpc) is 3.40. The lowest BCUT2D eigenvalue weighted by molar-refractivity contribution is -0.143. The van der Waals surface area contributed by atoms with Crippen molar-refractivity contribution in [3.05, 3.63) is 0 Å². The van der Waals surface area contributed by atoms with Crippen molar-refractivity contribution in [1.29, 1.82) is 0 Å². The van der Waals surface area contributed by atoms with Crippen molar-refractivity contribution >= 4 is 11.9 Å². The van der Waals surface area contributed by atoms with Crippen molar-refractivity contribution in [2.75, 3.05) is 13.2 Å². The number of amides is 1. The van der Waals surface area contributed by atoms with Gasteiger partial charge < -0.3 is 20.3 Å².